The Morgan fingerprint density at radius 1 is 1.33 bits per heavy atom. The van der Waals surface area contributed by atoms with Crippen molar-refractivity contribution in [2.45, 2.75) is 56.7 Å². The van der Waals surface area contributed by atoms with E-state index in [1.54, 1.807) is 0 Å². The summed E-state index contributed by atoms with van der Waals surface area (Å²) >= 11 is 3.61. The van der Waals surface area contributed by atoms with Crippen molar-refractivity contribution in [1.29, 1.82) is 0 Å². The van der Waals surface area contributed by atoms with Crippen LogP contribution in [0.15, 0.2) is 18.2 Å². The normalized spacial score (nSPS) is 37.4. The number of fused-ring (bicyclic) bond motifs is 5. The van der Waals surface area contributed by atoms with Gasteiger partial charge in [-0.3, -0.25) is 9.59 Å². The monoisotopic (exact) mass is 390 g/mol. The number of Topliss-reactive ketones (excluding diaryl/α,β-unsaturated/α-hetero) is 1. The lowest BCUT2D eigenvalue weighted by atomic mass is 9.55. The van der Waals surface area contributed by atoms with Gasteiger partial charge in [0.25, 0.3) is 0 Å². The van der Waals surface area contributed by atoms with Crippen molar-refractivity contribution in [2.24, 2.45) is 17.3 Å². The van der Waals surface area contributed by atoms with Crippen molar-refractivity contribution in [3.05, 3.63) is 29.3 Å². The summed E-state index contributed by atoms with van der Waals surface area (Å²) in [6.07, 6.45) is 5.21. The van der Waals surface area contributed by atoms with Crippen LogP contribution in [0.2, 0.25) is 0 Å². The predicted octanol–water partition coefficient (Wildman–Crippen LogP) is 4.41. The smallest absolute Gasteiger partial charge is 0.308 e. The SMILES string of the molecule is CC(=O)Oc1ccc2c(c1)CC[C@H]1[C@H]3C[C@@H](Br)C(=O)[C@@]3(C)CC[C@@H]21. The molecule has 128 valence electrons. The van der Waals surface area contributed by atoms with E-state index in [1.807, 2.05) is 12.1 Å². The Kier molecular flexibility index (Phi) is 3.87. The molecule has 3 aliphatic rings. The highest BCUT2D eigenvalue weighted by atomic mass is 79.9. The van der Waals surface area contributed by atoms with Crippen LogP contribution in [0.3, 0.4) is 0 Å². The van der Waals surface area contributed by atoms with Gasteiger partial charge in [0.2, 0.25) is 0 Å². The lowest BCUT2D eigenvalue weighted by molar-refractivity contribution is -0.132. The molecule has 2 fully saturated rings. The molecule has 3 aliphatic carbocycles. The maximum absolute atomic E-state index is 12.6. The zero-order valence-corrected chi connectivity index (χ0v) is 15.8. The van der Waals surface area contributed by atoms with E-state index in [4.69, 9.17) is 4.74 Å². The lowest BCUT2D eigenvalue weighted by Gasteiger charge is -2.48. The molecule has 2 saturated carbocycles. The quantitative estimate of drug-likeness (QED) is 0.405. The van der Waals surface area contributed by atoms with Crippen LogP contribution < -0.4 is 4.74 Å². The van der Waals surface area contributed by atoms with Crippen LogP contribution >= 0.6 is 15.9 Å². The summed E-state index contributed by atoms with van der Waals surface area (Å²) in [5.41, 5.74) is 2.60. The minimum absolute atomic E-state index is 0.0407. The van der Waals surface area contributed by atoms with Crippen LogP contribution in [0.1, 0.15) is 56.6 Å². The standard InChI is InChI=1S/C20H23BrO3/c1-11(22)24-13-4-6-14-12(9-13)3-5-16-15(14)7-8-20(2)17(16)10-18(21)19(20)23/h4,6,9,15-18H,3,5,7-8,10H2,1-2H3/t15-,16+,17+,18+,20-/m0/s1. The van der Waals surface area contributed by atoms with Gasteiger partial charge in [0.05, 0.1) is 4.83 Å². The fraction of sp³-hybridized carbons (Fsp3) is 0.600. The van der Waals surface area contributed by atoms with Crippen molar-refractivity contribution >= 4 is 27.7 Å². The van der Waals surface area contributed by atoms with Crippen LogP contribution in [0, 0.1) is 17.3 Å². The highest BCUT2D eigenvalue weighted by Gasteiger charge is 2.57. The molecule has 1 aromatic carbocycles. The number of carbonyl (C=O) groups excluding carboxylic acids is 2. The Bertz CT molecular complexity index is 713. The highest BCUT2D eigenvalue weighted by Crippen LogP contribution is 2.60. The molecular formula is C20H23BrO3. The van der Waals surface area contributed by atoms with E-state index in [0.717, 1.165) is 32.1 Å². The molecule has 0 spiro atoms. The number of halogens is 1. The fourth-order valence-electron chi connectivity index (χ4n) is 5.54. The molecule has 3 nitrogen and oxygen atoms in total. The number of esters is 1. The molecule has 24 heavy (non-hydrogen) atoms. The predicted molar refractivity (Wildman–Crippen MR) is 95.5 cm³/mol. The Morgan fingerprint density at radius 3 is 2.88 bits per heavy atom. The van der Waals surface area contributed by atoms with Gasteiger partial charge in [-0.25, -0.2) is 0 Å². The summed E-state index contributed by atoms with van der Waals surface area (Å²) in [4.78, 5) is 23.8. The lowest BCUT2D eigenvalue weighted by Crippen LogP contribution is -2.42. The number of alkyl halides is 1. The van der Waals surface area contributed by atoms with E-state index in [2.05, 4.69) is 28.9 Å². The number of hydrogen-bond acceptors (Lipinski definition) is 3. The van der Waals surface area contributed by atoms with Crippen LogP contribution in [-0.4, -0.2) is 16.6 Å². The molecule has 0 N–H and O–H groups in total. The first-order valence-electron chi connectivity index (χ1n) is 8.90. The van der Waals surface area contributed by atoms with Crippen molar-refractivity contribution < 1.29 is 14.3 Å². The first kappa shape index (κ1) is 16.3. The summed E-state index contributed by atoms with van der Waals surface area (Å²) in [6.45, 7) is 3.63. The molecule has 4 rings (SSSR count). The first-order valence-corrected chi connectivity index (χ1v) is 9.81. The largest absolute Gasteiger partial charge is 0.427 e. The maximum atomic E-state index is 12.6. The van der Waals surface area contributed by atoms with E-state index < -0.39 is 0 Å². The number of hydrogen-bond donors (Lipinski definition) is 0. The van der Waals surface area contributed by atoms with Crippen LogP contribution in [0.4, 0.5) is 0 Å². The molecule has 5 atom stereocenters. The molecule has 0 aromatic heterocycles. The van der Waals surface area contributed by atoms with Gasteiger partial charge in [0.15, 0.2) is 5.78 Å². The van der Waals surface area contributed by atoms with E-state index in [1.165, 1.54) is 18.1 Å². The molecule has 0 saturated heterocycles. The van der Waals surface area contributed by atoms with Gasteiger partial charge in [0, 0.05) is 12.3 Å². The number of ketones is 1. The average Bonchev–Trinajstić information content (AvgIpc) is 2.77. The summed E-state index contributed by atoms with van der Waals surface area (Å²) in [5, 5.41) is 0. The number of aryl methyl sites for hydroxylation is 1. The van der Waals surface area contributed by atoms with E-state index in [-0.39, 0.29) is 16.2 Å². The molecule has 4 heteroatoms. The highest BCUT2D eigenvalue weighted by molar-refractivity contribution is 9.10. The Hall–Kier alpha value is -1.16. The Morgan fingerprint density at radius 2 is 2.12 bits per heavy atom. The van der Waals surface area contributed by atoms with Crippen molar-refractivity contribution in [2.75, 3.05) is 0 Å². The molecule has 0 unspecified atom stereocenters. The topological polar surface area (TPSA) is 43.4 Å². The van der Waals surface area contributed by atoms with Gasteiger partial charge in [-0.1, -0.05) is 28.9 Å². The van der Waals surface area contributed by atoms with E-state index in [9.17, 15) is 9.59 Å². The molecule has 0 aliphatic heterocycles. The van der Waals surface area contributed by atoms with Gasteiger partial charge in [-0.2, -0.15) is 0 Å². The van der Waals surface area contributed by atoms with Crippen molar-refractivity contribution in [1.82, 2.24) is 0 Å². The summed E-state index contributed by atoms with van der Waals surface area (Å²) in [5.74, 6) is 2.43. The van der Waals surface area contributed by atoms with Crippen molar-refractivity contribution in [3.63, 3.8) is 0 Å². The molecular weight excluding hydrogens is 368 g/mol. The Labute approximate surface area is 151 Å². The minimum Gasteiger partial charge on any atom is -0.427 e. The van der Waals surface area contributed by atoms with Gasteiger partial charge < -0.3 is 4.74 Å². The zero-order valence-electron chi connectivity index (χ0n) is 14.2. The summed E-state index contributed by atoms with van der Waals surface area (Å²) in [6, 6.07) is 6.10. The second-order valence-corrected chi connectivity index (χ2v) is 9.00. The van der Waals surface area contributed by atoms with Gasteiger partial charge in [0.1, 0.15) is 5.75 Å². The van der Waals surface area contributed by atoms with Crippen LogP contribution in [-0.2, 0) is 16.0 Å². The molecule has 0 bridgehead atoms. The second kappa shape index (κ2) is 5.69. The average molecular weight is 391 g/mol. The summed E-state index contributed by atoms with van der Waals surface area (Å²) in [7, 11) is 0. The third kappa shape index (κ3) is 2.37. The number of carbonyl (C=O) groups is 2. The Balaban J connectivity index is 1.65. The first-order chi connectivity index (χ1) is 11.4. The zero-order chi connectivity index (χ0) is 17.1. The molecule has 1 aromatic rings. The van der Waals surface area contributed by atoms with Crippen LogP contribution in [0.5, 0.6) is 5.75 Å². The molecule has 0 amide bonds. The van der Waals surface area contributed by atoms with E-state index >= 15 is 0 Å². The number of benzene rings is 1. The van der Waals surface area contributed by atoms with Gasteiger partial charge >= 0.3 is 5.97 Å². The molecule has 0 radical (unpaired) electrons. The minimum atomic E-state index is -0.273. The summed E-state index contributed by atoms with van der Waals surface area (Å²) < 4.78 is 5.24. The number of rotatable bonds is 1. The van der Waals surface area contributed by atoms with Gasteiger partial charge in [-0.05, 0) is 73.1 Å². The third-order valence-corrected chi connectivity index (χ3v) is 7.45. The maximum Gasteiger partial charge on any atom is 0.308 e. The second-order valence-electron chi connectivity index (χ2n) is 7.89. The number of ether oxygens (including phenoxy) is 1. The third-order valence-electron chi connectivity index (χ3n) is 6.66. The van der Waals surface area contributed by atoms with E-state index in [0.29, 0.717) is 29.3 Å². The molecule has 0 heterocycles. The van der Waals surface area contributed by atoms with Crippen molar-refractivity contribution in [3.8, 4) is 5.75 Å². The fourth-order valence-corrected chi connectivity index (χ4v) is 6.46. The van der Waals surface area contributed by atoms with Crippen LogP contribution in [0.25, 0.3) is 0 Å². The van der Waals surface area contributed by atoms with Gasteiger partial charge in [-0.15, -0.1) is 0 Å².